The van der Waals surface area contributed by atoms with Gasteiger partial charge in [0.25, 0.3) is 0 Å². The van der Waals surface area contributed by atoms with Gasteiger partial charge < -0.3 is 20.5 Å². The summed E-state index contributed by atoms with van der Waals surface area (Å²) >= 11 is 6.81. The fraction of sp³-hybridized carbons (Fsp3) is 0.533. The van der Waals surface area contributed by atoms with Crippen LogP contribution in [0.5, 0.6) is 0 Å². The van der Waals surface area contributed by atoms with Crippen LogP contribution in [-0.2, 0) is 9.47 Å². The molecule has 0 radical (unpaired) electrons. The van der Waals surface area contributed by atoms with Crippen LogP contribution in [0.15, 0.2) is 23.1 Å². The molecule has 6 heteroatoms. The summed E-state index contributed by atoms with van der Waals surface area (Å²) in [5, 5.41) is 3.41. The van der Waals surface area contributed by atoms with Gasteiger partial charge in [-0.05, 0) is 31.2 Å². The highest BCUT2D eigenvalue weighted by atomic mass is 32.2. The fourth-order valence-corrected chi connectivity index (χ4v) is 2.82. The molecule has 3 N–H and O–H groups in total. The zero-order chi connectivity index (χ0) is 15.5. The second kappa shape index (κ2) is 10.8. The largest absolute Gasteiger partial charge is 0.389 e. The van der Waals surface area contributed by atoms with Gasteiger partial charge in [0.15, 0.2) is 0 Å². The first-order valence-corrected chi connectivity index (χ1v) is 8.61. The SMILES string of the molecule is COCCOCCCCNc1cccc(SC)c1C(N)=S. The molecular formula is C15H24N2O2S2. The van der Waals surface area contributed by atoms with Crippen LogP contribution < -0.4 is 11.1 Å². The van der Waals surface area contributed by atoms with E-state index in [9.17, 15) is 0 Å². The number of unbranched alkanes of at least 4 members (excludes halogenated alkanes) is 1. The Hall–Kier alpha value is -0.820. The smallest absolute Gasteiger partial charge is 0.107 e. The van der Waals surface area contributed by atoms with E-state index in [-0.39, 0.29) is 0 Å². The molecule has 0 aliphatic heterocycles. The summed E-state index contributed by atoms with van der Waals surface area (Å²) in [6, 6.07) is 6.07. The highest BCUT2D eigenvalue weighted by molar-refractivity contribution is 7.98. The van der Waals surface area contributed by atoms with Gasteiger partial charge in [-0.15, -0.1) is 11.8 Å². The summed E-state index contributed by atoms with van der Waals surface area (Å²) < 4.78 is 10.3. The van der Waals surface area contributed by atoms with Gasteiger partial charge in [0.2, 0.25) is 0 Å². The Morgan fingerprint density at radius 3 is 2.76 bits per heavy atom. The van der Waals surface area contributed by atoms with Gasteiger partial charge in [-0.3, -0.25) is 0 Å². The van der Waals surface area contributed by atoms with Gasteiger partial charge in [-0.1, -0.05) is 18.3 Å². The molecule has 1 aromatic carbocycles. The summed E-state index contributed by atoms with van der Waals surface area (Å²) in [6.07, 6.45) is 4.08. The minimum Gasteiger partial charge on any atom is -0.389 e. The fourth-order valence-electron chi connectivity index (χ4n) is 1.90. The molecule has 118 valence electrons. The van der Waals surface area contributed by atoms with E-state index < -0.39 is 0 Å². The first kappa shape index (κ1) is 18.2. The van der Waals surface area contributed by atoms with E-state index in [1.807, 2.05) is 24.5 Å². The zero-order valence-corrected chi connectivity index (χ0v) is 14.3. The van der Waals surface area contributed by atoms with E-state index in [4.69, 9.17) is 27.4 Å². The van der Waals surface area contributed by atoms with E-state index in [1.165, 1.54) is 0 Å². The molecule has 0 fully saturated rings. The van der Waals surface area contributed by atoms with Gasteiger partial charge in [0, 0.05) is 36.4 Å². The Balaban J connectivity index is 2.37. The zero-order valence-electron chi connectivity index (χ0n) is 12.7. The first-order valence-electron chi connectivity index (χ1n) is 6.98. The van der Waals surface area contributed by atoms with Crippen LogP contribution in [-0.4, -0.2) is 44.7 Å². The average molecular weight is 329 g/mol. The lowest BCUT2D eigenvalue weighted by Gasteiger charge is -2.14. The molecule has 1 rings (SSSR count). The number of thioether (sulfide) groups is 1. The van der Waals surface area contributed by atoms with Crippen molar-refractivity contribution in [3.8, 4) is 0 Å². The Bertz CT molecular complexity index is 442. The molecule has 0 atom stereocenters. The first-order chi connectivity index (χ1) is 10.2. The number of nitrogens with one attached hydrogen (secondary N) is 1. The Morgan fingerprint density at radius 1 is 1.29 bits per heavy atom. The van der Waals surface area contributed by atoms with Crippen molar-refractivity contribution in [1.82, 2.24) is 0 Å². The molecule has 0 spiro atoms. The van der Waals surface area contributed by atoms with Crippen molar-refractivity contribution in [2.75, 3.05) is 45.0 Å². The van der Waals surface area contributed by atoms with Crippen molar-refractivity contribution < 1.29 is 9.47 Å². The van der Waals surface area contributed by atoms with Gasteiger partial charge in [-0.2, -0.15) is 0 Å². The average Bonchev–Trinajstić information content (AvgIpc) is 2.49. The maximum absolute atomic E-state index is 5.84. The highest BCUT2D eigenvalue weighted by Gasteiger charge is 2.09. The van der Waals surface area contributed by atoms with Gasteiger partial charge in [0.05, 0.1) is 13.2 Å². The minimum absolute atomic E-state index is 0.436. The molecule has 0 aliphatic rings. The molecule has 0 aromatic heterocycles. The van der Waals surface area contributed by atoms with Crippen molar-refractivity contribution in [2.24, 2.45) is 5.73 Å². The lowest BCUT2D eigenvalue weighted by molar-refractivity contribution is 0.0691. The van der Waals surface area contributed by atoms with Crippen molar-refractivity contribution in [3.05, 3.63) is 23.8 Å². The van der Waals surface area contributed by atoms with E-state index in [2.05, 4.69) is 5.32 Å². The molecule has 0 saturated heterocycles. The third-order valence-electron chi connectivity index (χ3n) is 2.96. The molecule has 0 unspecified atom stereocenters. The molecule has 1 aromatic rings. The van der Waals surface area contributed by atoms with Crippen LogP contribution in [0.3, 0.4) is 0 Å². The minimum atomic E-state index is 0.436. The molecular weight excluding hydrogens is 304 g/mol. The van der Waals surface area contributed by atoms with Crippen molar-refractivity contribution in [1.29, 1.82) is 0 Å². The van der Waals surface area contributed by atoms with E-state index >= 15 is 0 Å². The number of hydrogen-bond acceptors (Lipinski definition) is 5. The summed E-state index contributed by atoms with van der Waals surface area (Å²) in [5.74, 6) is 0. The molecule has 0 aliphatic carbocycles. The third-order valence-corrected chi connectivity index (χ3v) is 3.94. The summed E-state index contributed by atoms with van der Waals surface area (Å²) in [4.78, 5) is 1.54. The van der Waals surface area contributed by atoms with Gasteiger partial charge in [0.1, 0.15) is 4.99 Å². The van der Waals surface area contributed by atoms with E-state index in [0.29, 0.717) is 18.2 Å². The van der Waals surface area contributed by atoms with Crippen molar-refractivity contribution in [3.63, 3.8) is 0 Å². The normalized spacial score (nSPS) is 10.6. The number of benzene rings is 1. The van der Waals surface area contributed by atoms with E-state index in [0.717, 1.165) is 42.1 Å². The Kier molecular flexibility index (Phi) is 9.41. The van der Waals surface area contributed by atoms with Gasteiger partial charge in [-0.25, -0.2) is 0 Å². The van der Waals surface area contributed by atoms with Crippen LogP contribution in [0.4, 0.5) is 5.69 Å². The maximum Gasteiger partial charge on any atom is 0.107 e. The number of ether oxygens (including phenoxy) is 2. The lowest BCUT2D eigenvalue weighted by Crippen LogP contribution is -2.15. The number of rotatable bonds is 11. The summed E-state index contributed by atoms with van der Waals surface area (Å²) in [6.45, 7) is 2.95. The number of hydrogen-bond donors (Lipinski definition) is 2. The number of anilines is 1. The van der Waals surface area contributed by atoms with Gasteiger partial charge >= 0.3 is 0 Å². The monoisotopic (exact) mass is 328 g/mol. The second-order valence-electron chi connectivity index (χ2n) is 4.49. The Labute approximate surface area is 136 Å². The van der Waals surface area contributed by atoms with Crippen LogP contribution in [0.2, 0.25) is 0 Å². The molecule has 4 nitrogen and oxygen atoms in total. The maximum atomic E-state index is 5.84. The molecule has 0 heterocycles. The summed E-state index contributed by atoms with van der Waals surface area (Å²) in [7, 11) is 1.68. The predicted octanol–water partition coefficient (Wildman–Crippen LogP) is 2.90. The third kappa shape index (κ3) is 6.65. The number of thiocarbonyl (C=S) groups is 1. The predicted molar refractivity (Wildman–Crippen MR) is 94.5 cm³/mol. The van der Waals surface area contributed by atoms with Crippen LogP contribution in [0.1, 0.15) is 18.4 Å². The van der Waals surface area contributed by atoms with Crippen molar-refractivity contribution in [2.45, 2.75) is 17.7 Å². The highest BCUT2D eigenvalue weighted by Crippen LogP contribution is 2.27. The van der Waals surface area contributed by atoms with E-state index in [1.54, 1.807) is 18.9 Å². The lowest BCUT2D eigenvalue weighted by atomic mass is 10.1. The standard InChI is InChI=1S/C15H24N2O2S2/c1-18-10-11-19-9-4-3-8-17-12-6-5-7-13(21-2)14(12)15(16)20/h5-7,17H,3-4,8-11H2,1-2H3,(H2,16,20). The van der Waals surface area contributed by atoms with Crippen molar-refractivity contribution >= 4 is 34.7 Å². The summed E-state index contributed by atoms with van der Waals surface area (Å²) in [5.41, 5.74) is 7.79. The second-order valence-corrected chi connectivity index (χ2v) is 5.77. The van der Waals surface area contributed by atoms with Crippen LogP contribution in [0.25, 0.3) is 0 Å². The quantitative estimate of drug-likeness (QED) is 0.370. The number of methoxy groups -OCH3 is 1. The molecule has 0 saturated carbocycles. The van der Waals surface area contributed by atoms with Crippen LogP contribution >= 0.6 is 24.0 Å². The Morgan fingerprint density at radius 2 is 2.10 bits per heavy atom. The molecule has 0 amide bonds. The molecule has 0 bridgehead atoms. The topological polar surface area (TPSA) is 56.5 Å². The molecule has 21 heavy (non-hydrogen) atoms. The van der Waals surface area contributed by atoms with Crippen LogP contribution in [0, 0.1) is 0 Å². The number of nitrogens with two attached hydrogens (primary N) is 1.